The molecule has 2 aromatic heterocycles. The number of hydrogen-bond acceptors (Lipinski definition) is 4. The first-order chi connectivity index (χ1) is 8.22. The summed E-state index contributed by atoms with van der Waals surface area (Å²) < 4.78 is 1.79. The second-order valence-corrected chi connectivity index (χ2v) is 4.07. The first kappa shape index (κ1) is 11.7. The molecule has 0 saturated heterocycles. The van der Waals surface area contributed by atoms with E-state index >= 15 is 0 Å². The number of rotatable bonds is 4. The summed E-state index contributed by atoms with van der Waals surface area (Å²) >= 11 is 0. The molecular formula is C12H17N5. The molecule has 0 saturated carbocycles. The Morgan fingerprint density at radius 3 is 2.76 bits per heavy atom. The fraction of sp³-hybridized carbons (Fsp3) is 0.417. The molecular weight excluding hydrogens is 214 g/mol. The van der Waals surface area contributed by atoms with Crippen molar-refractivity contribution >= 4 is 0 Å². The van der Waals surface area contributed by atoms with Crippen LogP contribution in [0, 0.1) is 6.92 Å². The van der Waals surface area contributed by atoms with E-state index in [0.717, 1.165) is 23.4 Å². The second-order valence-electron chi connectivity index (χ2n) is 4.07. The zero-order valence-electron chi connectivity index (χ0n) is 10.4. The smallest absolute Gasteiger partial charge is 0.0799 e. The van der Waals surface area contributed by atoms with E-state index in [0.29, 0.717) is 0 Å². The van der Waals surface area contributed by atoms with Crippen LogP contribution in [0.5, 0.6) is 0 Å². The lowest BCUT2D eigenvalue weighted by atomic mass is 10.0. The number of hydrogen-bond donors (Lipinski definition) is 1. The van der Waals surface area contributed by atoms with Gasteiger partial charge in [-0.25, -0.2) is 0 Å². The maximum absolute atomic E-state index is 4.24. The van der Waals surface area contributed by atoms with Crippen LogP contribution in [-0.4, -0.2) is 26.5 Å². The van der Waals surface area contributed by atoms with Crippen LogP contribution >= 0.6 is 0 Å². The van der Waals surface area contributed by atoms with E-state index in [2.05, 4.69) is 33.6 Å². The molecule has 0 aliphatic rings. The molecule has 0 aliphatic carbocycles. The molecule has 2 rings (SSSR count). The van der Waals surface area contributed by atoms with Crippen molar-refractivity contribution in [3.05, 3.63) is 41.5 Å². The Labute approximate surface area is 101 Å². The maximum atomic E-state index is 4.24. The predicted octanol–water partition coefficient (Wildman–Crippen LogP) is 1.22. The topological polar surface area (TPSA) is 55.6 Å². The highest BCUT2D eigenvalue weighted by Crippen LogP contribution is 2.20. The van der Waals surface area contributed by atoms with E-state index in [9.17, 15) is 0 Å². The van der Waals surface area contributed by atoms with Gasteiger partial charge in [-0.1, -0.05) is 18.2 Å². The summed E-state index contributed by atoms with van der Waals surface area (Å²) in [7, 11) is 1.90. The first-order valence-corrected chi connectivity index (χ1v) is 5.72. The molecule has 90 valence electrons. The molecule has 1 unspecified atom stereocenters. The van der Waals surface area contributed by atoms with Crippen LogP contribution in [0.15, 0.2) is 24.7 Å². The van der Waals surface area contributed by atoms with Crippen LogP contribution in [0.4, 0.5) is 0 Å². The highest BCUT2D eigenvalue weighted by molar-refractivity contribution is 5.26. The molecule has 0 aromatic carbocycles. The second kappa shape index (κ2) is 5.05. The van der Waals surface area contributed by atoms with E-state index in [1.54, 1.807) is 10.9 Å². The molecule has 0 bridgehead atoms. The quantitative estimate of drug-likeness (QED) is 0.859. The Balaban J connectivity index is 2.39. The Morgan fingerprint density at radius 1 is 1.35 bits per heavy atom. The van der Waals surface area contributed by atoms with Gasteiger partial charge in [0.05, 0.1) is 17.9 Å². The summed E-state index contributed by atoms with van der Waals surface area (Å²) in [6.07, 6.45) is 5.52. The summed E-state index contributed by atoms with van der Waals surface area (Å²) in [5.74, 6) is 0. The van der Waals surface area contributed by atoms with Gasteiger partial charge in [-0.15, -0.1) is 5.10 Å². The van der Waals surface area contributed by atoms with Crippen molar-refractivity contribution < 1.29 is 0 Å². The zero-order chi connectivity index (χ0) is 12.3. The van der Waals surface area contributed by atoms with Gasteiger partial charge >= 0.3 is 0 Å². The molecule has 5 nitrogen and oxygen atoms in total. The van der Waals surface area contributed by atoms with Crippen LogP contribution in [0.25, 0.3) is 0 Å². The fourth-order valence-corrected chi connectivity index (χ4v) is 1.89. The molecule has 0 radical (unpaired) electrons. The van der Waals surface area contributed by atoms with Crippen molar-refractivity contribution in [1.29, 1.82) is 0 Å². The Morgan fingerprint density at radius 2 is 2.18 bits per heavy atom. The molecule has 1 N–H and O–H groups in total. The molecule has 2 heterocycles. The minimum atomic E-state index is 0.0902. The van der Waals surface area contributed by atoms with Gasteiger partial charge in [-0.2, -0.15) is 0 Å². The number of nitrogens with zero attached hydrogens (tertiary/aromatic N) is 4. The standard InChI is InChI=1S/C12H17N5/c1-4-14-12(11-8-15-16-17(11)3)10-5-9(2)6-13-7-10/h5-8,12,14H,4H2,1-3H3. The summed E-state index contributed by atoms with van der Waals surface area (Å²) in [5, 5.41) is 11.3. The van der Waals surface area contributed by atoms with Gasteiger partial charge in [0, 0.05) is 19.4 Å². The third-order valence-electron chi connectivity index (χ3n) is 2.68. The van der Waals surface area contributed by atoms with Gasteiger partial charge in [0.1, 0.15) is 0 Å². The number of aryl methyl sites for hydroxylation is 2. The third-order valence-corrected chi connectivity index (χ3v) is 2.68. The predicted molar refractivity (Wildman–Crippen MR) is 65.5 cm³/mol. The van der Waals surface area contributed by atoms with Gasteiger partial charge < -0.3 is 5.32 Å². The maximum Gasteiger partial charge on any atom is 0.0799 e. The molecule has 5 heteroatoms. The van der Waals surface area contributed by atoms with Gasteiger partial charge in [-0.05, 0) is 24.6 Å². The van der Waals surface area contributed by atoms with Gasteiger partial charge in [-0.3, -0.25) is 9.67 Å². The van der Waals surface area contributed by atoms with Crippen LogP contribution in [0.2, 0.25) is 0 Å². The number of pyridine rings is 1. The normalized spacial score (nSPS) is 12.6. The van der Waals surface area contributed by atoms with Crippen LogP contribution < -0.4 is 5.32 Å². The first-order valence-electron chi connectivity index (χ1n) is 5.72. The van der Waals surface area contributed by atoms with Gasteiger partial charge in [0.2, 0.25) is 0 Å². The molecule has 0 spiro atoms. The molecule has 0 amide bonds. The zero-order valence-corrected chi connectivity index (χ0v) is 10.4. The monoisotopic (exact) mass is 231 g/mol. The molecule has 1 atom stereocenters. The van der Waals surface area contributed by atoms with Crippen LogP contribution in [0.1, 0.15) is 29.8 Å². The molecule has 0 fully saturated rings. The van der Waals surface area contributed by atoms with E-state index in [-0.39, 0.29) is 6.04 Å². The molecule has 2 aromatic rings. The molecule has 0 aliphatic heterocycles. The summed E-state index contributed by atoms with van der Waals surface area (Å²) in [6.45, 7) is 5.00. The highest BCUT2D eigenvalue weighted by atomic mass is 15.4. The lowest BCUT2D eigenvalue weighted by molar-refractivity contribution is 0.566. The minimum absolute atomic E-state index is 0.0902. The summed E-state index contributed by atoms with van der Waals surface area (Å²) in [4.78, 5) is 4.24. The van der Waals surface area contributed by atoms with Gasteiger partial charge in [0.25, 0.3) is 0 Å². The Bertz CT molecular complexity index is 491. The van der Waals surface area contributed by atoms with E-state index < -0.39 is 0 Å². The van der Waals surface area contributed by atoms with Crippen molar-refractivity contribution in [1.82, 2.24) is 25.3 Å². The summed E-state index contributed by atoms with van der Waals surface area (Å²) in [6, 6.07) is 2.22. The molecule has 17 heavy (non-hydrogen) atoms. The lowest BCUT2D eigenvalue weighted by Gasteiger charge is -2.17. The highest BCUT2D eigenvalue weighted by Gasteiger charge is 2.17. The fourth-order valence-electron chi connectivity index (χ4n) is 1.89. The van der Waals surface area contributed by atoms with Crippen molar-refractivity contribution in [2.45, 2.75) is 19.9 Å². The summed E-state index contributed by atoms with van der Waals surface area (Å²) in [5.41, 5.74) is 3.33. The van der Waals surface area contributed by atoms with Crippen molar-refractivity contribution in [3.8, 4) is 0 Å². The number of nitrogens with one attached hydrogen (secondary N) is 1. The van der Waals surface area contributed by atoms with Crippen molar-refractivity contribution in [3.63, 3.8) is 0 Å². The lowest BCUT2D eigenvalue weighted by Crippen LogP contribution is -2.24. The van der Waals surface area contributed by atoms with Crippen molar-refractivity contribution in [2.75, 3.05) is 6.54 Å². The average Bonchev–Trinajstić information content (AvgIpc) is 2.72. The SMILES string of the molecule is CCNC(c1cncc(C)c1)c1cnnn1C. The average molecular weight is 231 g/mol. The van der Waals surface area contributed by atoms with Crippen LogP contribution in [-0.2, 0) is 7.05 Å². The van der Waals surface area contributed by atoms with Crippen LogP contribution in [0.3, 0.4) is 0 Å². The van der Waals surface area contributed by atoms with Crippen molar-refractivity contribution in [2.24, 2.45) is 7.05 Å². The largest absolute Gasteiger partial charge is 0.305 e. The van der Waals surface area contributed by atoms with E-state index in [1.165, 1.54) is 0 Å². The number of aromatic nitrogens is 4. The van der Waals surface area contributed by atoms with E-state index in [1.807, 2.05) is 26.4 Å². The van der Waals surface area contributed by atoms with Gasteiger partial charge in [0.15, 0.2) is 0 Å². The minimum Gasteiger partial charge on any atom is -0.305 e. The Hall–Kier alpha value is -1.75. The van der Waals surface area contributed by atoms with E-state index in [4.69, 9.17) is 0 Å². The Kier molecular flexibility index (Phi) is 3.49. The third kappa shape index (κ3) is 2.50.